The molecular weight excluding hydrogens is 280 g/mol. The van der Waals surface area contributed by atoms with Crippen LogP contribution in [0.1, 0.15) is 29.5 Å². The minimum absolute atomic E-state index is 0.424. The molecule has 2 aromatic rings. The average Bonchev–Trinajstić information content (AvgIpc) is 2.56. The maximum atomic E-state index is 10.0. The number of hydrogen-bond donors (Lipinski definition) is 0. The summed E-state index contributed by atoms with van der Waals surface area (Å²) in [4.78, 5) is 2.16. The van der Waals surface area contributed by atoms with Crippen LogP contribution in [0.15, 0.2) is 54.6 Å². The number of hydrogen-bond acceptors (Lipinski definition) is 2. The molecule has 2 rings (SSSR count). The van der Waals surface area contributed by atoms with Gasteiger partial charge in [0, 0.05) is 0 Å². The van der Waals surface area contributed by atoms with Gasteiger partial charge in [0.1, 0.15) is 0 Å². The fourth-order valence-corrected chi connectivity index (χ4v) is 2.95. The van der Waals surface area contributed by atoms with Gasteiger partial charge in [-0.25, -0.2) is 0 Å². The summed E-state index contributed by atoms with van der Waals surface area (Å²) in [6, 6.07) is 21.5. The molecule has 0 aromatic heterocycles. The van der Waals surface area contributed by atoms with Crippen LogP contribution in [0.5, 0.6) is 0 Å². The lowest BCUT2D eigenvalue weighted by molar-refractivity contribution is 0.342. The van der Waals surface area contributed by atoms with Gasteiger partial charge in [0.05, 0.1) is 11.5 Å². The zero-order valence-electron chi connectivity index (χ0n) is 14.4. The highest BCUT2D eigenvalue weighted by atomic mass is 15.0. The maximum absolute atomic E-state index is 10.0. The molecule has 0 amide bonds. The van der Waals surface area contributed by atoms with Crippen LogP contribution in [0.4, 0.5) is 0 Å². The molecule has 0 radical (unpaired) electrons. The summed E-state index contributed by atoms with van der Waals surface area (Å²) >= 11 is 0. The summed E-state index contributed by atoms with van der Waals surface area (Å²) in [5, 5.41) is 10.0. The molecular formula is C21H26N2. The van der Waals surface area contributed by atoms with E-state index < -0.39 is 5.41 Å². The normalized spacial score (nSPS) is 13.5. The van der Waals surface area contributed by atoms with Crippen LogP contribution < -0.4 is 0 Å². The quantitative estimate of drug-likeness (QED) is 0.761. The highest BCUT2D eigenvalue weighted by Crippen LogP contribution is 2.33. The zero-order chi connectivity index (χ0) is 16.7. The number of rotatable bonds is 7. The van der Waals surface area contributed by atoms with E-state index >= 15 is 0 Å². The summed E-state index contributed by atoms with van der Waals surface area (Å²) in [6.07, 6.45) is 2.63. The standard InChI is InChI=1S/C21H26N2/c1-18-8-7-11-20(16-18)21(17-22,14-15-23(2)3)13-12-19-9-5-4-6-10-19/h4-11,16H,12-15H2,1-3H3. The molecule has 1 unspecified atom stereocenters. The first-order chi connectivity index (χ1) is 11.1. The van der Waals surface area contributed by atoms with E-state index in [4.69, 9.17) is 0 Å². The van der Waals surface area contributed by atoms with Gasteiger partial charge in [-0.3, -0.25) is 0 Å². The lowest BCUT2D eigenvalue weighted by atomic mass is 9.74. The van der Waals surface area contributed by atoms with Crippen molar-refractivity contribution in [2.45, 2.75) is 31.6 Å². The van der Waals surface area contributed by atoms with Crippen molar-refractivity contribution in [2.75, 3.05) is 20.6 Å². The maximum Gasteiger partial charge on any atom is 0.0837 e. The van der Waals surface area contributed by atoms with Crippen LogP contribution in [-0.2, 0) is 11.8 Å². The van der Waals surface area contributed by atoms with Crippen LogP contribution in [-0.4, -0.2) is 25.5 Å². The van der Waals surface area contributed by atoms with Gasteiger partial charge >= 0.3 is 0 Å². The Bertz CT molecular complexity index is 655. The van der Waals surface area contributed by atoms with Gasteiger partial charge in [-0.05, 0) is 58.0 Å². The fraction of sp³-hybridized carbons (Fsp3) is 0.381. The topological polar surface area (TPSA) is 27.0 Å². The summed E-state index contributed by atoms with van der Waals surface area (Å²) < 4.78 is 0. The molecule has 0 aliphatic rings. The average molecular weight is 306 g/mol. The Morgan fingerprint density at radius 3 is 2.35 bits per heavy atom. The predicted molar refractivity (Wildman–Crippen MR) is 96.4 cm³/mol. The van der Waals surface area contributed by atoms with Gasteiger partial charge < -0.3 is 4.90 Å². The minimum Gasteiger partial charge on any atom is -0.309 e. The highest BCUT2D eigenvalue weighted by molar-refractivity contribution is 5.36. The van der Waals surface area contributed by atoms with Crippen molar-refractivity contribution in [3.63, 3.8) is 0 Å². The molecule has 0 aliphatic heterocycles. The molecule has 120 valence electrons. The molecule has 0 aliphatic carbocycles. The fourth-order valence-electron chi connectivity index (χ4n) is 2.95. The minimum atomic E-state index is -0.424. The van der Waals surface area contributed by atoms with Crippen LogP contribution >= 0.6 is 0 Å². The van der Waals surface area contributed by atoms with Gasteiger partial charge in [0.25, 0.3) is 0 Å². The number of nitriles is 1. The Kier molecular flexibility index (Phi) is 5.96. The molecule has 1 atom stereocenters. The molecule has 23 heavy (non-hydrogen) atoms. The molecule has 2 nitrogen and oxygen atoms in total. The number of nitrogens with zero attached hydrogens (tertiary/aromatic N) is 2. The van der Waals surface area contributed by atoms with E-state index in [2.05, 4.69) is 80.5 Å². The van der Waals surface area contributed by atoms with E-state index in [1.165, 1.54) is 11.1 Å². The van der Waals surface area contributed by atoms with Gasteiger partial charge in [-0.15, -0.1) is 0 Å². The van der Waals surface area contributed by atoms with Crippen molar-refractivity contribution in [1.82, 2.24) is 4.90 Å². The summed E-state index contributed by atoms with van der Waals surface area (Å²) in [6.45, 7) is 3.01. The number of aryl methyl sites for hydroxylation is 2. The molecule has 0 bridgehead atoms. The second-order valence-electron chi connectivity index (χ2n) is 6.60. The van der Waals surface area contributed by atoms with Crippen molar-refractivity contribution in [3.8, 4) is 6.07 Å². The zero-order valence-corrected chi connectivity index (χ0v) is 14.4. The van der Waals surface area contributed by atoms with Crippen molar-refractivity contribution in [2.24, 2.45) is 0 Å². The van der Waals surface area contributed by atoms with Crippen molar-refractivity contribution < 1.29 is 0 Å². The Hall–Kier alpha value is -2.11. The molecule has 2 heteroatoms. The Morgan fingerprint density at radius 2 is 1.74 bits per heavy atom. The third-order valence-electron chi connectivity index (χ3n) is 4.45. The van der Waals surface area contributed by atoms with E-state index in [-0.39, 0.29) is 0 Å². The lowest BCUT2D eigenvalue weighted by Crippen LogP contribution is -2.30. The Balaban J connectivity index is 2.27. The molecule has 0 N–H and O–H groups in total. The first-order valence-corrected chi connectivity index (χ1v) is 8.23. The molecule has 0 spiro atoms. The molecule has 0 saturated heterocycles. The smallest absolute Gasteiger partial charge is 0.0837 e. The molecule has 0 saturated carbocycles. The van der Waals surface area contributed by atoms with Crippen LogP contribution in [0.3, 0.4) is 0 Å². The van der Waals surface area contributed by atoms with Gasteiger partial charge in [-0.1, -0.05) is 60.2 Å². The SMILES string of the molecule is Cc1cccc(C(C#N)(CCc2ccccc2)CCN(C)C)c1. The second-order valence-corrected chi connectivity index (χ2v) is 6.60. The third-order valence-corrected chi connectivity index (χ3v) is 4.45. The van der Waals surface area contributed by atoms with Crippen molar-refractivity contribution in [3.05, 3.63) is 71.3 Å². The van der Waals surface area contributed by atoms with Gasteiger partial charge in [0.2, 0.25) is 0 Å². The molecule has 0 fully saturated rings. The number of benzene rings is 2. The summed E-state index contributed by atoms with van der Waals surface area (Å²) in [5.74, 6) is 0. The van der Waals surface area contributed by atoms with E-state index in [0.29, 0.717) is 0 Å². The van der Waals surface area contributed by atoms with E-state index in [1.54, 1.807) is 0 Å². The van der Waals surface area contributed by atoms with Crippen LogP contribution in [0.2, 0.25) is 0 Å². The lowest BCUT2D eigenvalue weighted by Gasteiger charge is -2.29. The largest absolute Gasteiger partial charge is 0.309 e. The highest BCUT2D eigenvalue weighted by Gasteiger charge is 2.32. The van der Waals surface area contributed by atoms with Crippen LogP contribution in [0.25, 0.3) is 0 Å². The van der Waals surface area contributed by atoms with Crippen molar-refractivity contribution in [1.29, 1.82) is 5.26 Å². The summed E-state index contributed by atoms with van der Waals surface area (Å²) in [7, 11) is 4.13. The van der Waals surface area contributed by atoms with Crippen molar-refractivity contribution >= 4 is 0 Å². The van der Waals surface area contributed by atoms with E-state index in [1.807, 2.05) is 6.07 Å². The van der Waals surface area contributed by atoms with Gasteiger partial charge in [-0.2, -0.15) is 5.26 Å². The molecule has 2 aromatic carbocycles. The van der Waals surface area contributed by atoms with E-state index in [9.17, 15) is 5.26 Å². The second kappa shape index (κ2) is 7.94. The van der Waals surface area contributed by atoms with Gasteiger partial charge in [0.15, 0.2) is 0 Å². The Labute approximate surface area is 140 Å². The van der Waals surface area contributed by atoms with E-state index in [0.717, 1.165) is 31.4 Å². The monoisotopic (exact) mass is 306 g/mol. The summed E-state index contributed by atoms with van der Waals surface area (Å²) in [5.41, 5.74) is 3.24. The third kappa shape index (κ3) is 4.68. The first-order valence-electron chi connectivity index (χ1n) is 8.23. The first kappa shape index (κ1) is 17.2. The molecule has 0 heterocycles. The predicted octanol–water partition coefficient (Wildman–Crippen LogP) is 4.34. The Morgan fingerprint density at radius 1 is 1.00 bits per heavy atom. The van der Waals surface area contributed by atoms with Crippen LogP contribution in [0, 0.1) is 18.3 Å².